The highest BCUT2D eigenvalue weighted by Gasteiger charge is 2.36. The smallest absolute Gasteiger partial charge is 0.340 e. The third kappa shape index (κ3) is 8.55. The second-order valence-electron chi connectivity index (χ2n) is 8.14. The minimum Gasteiger partial charge on any atom is -0.478 e. The largest absolute Gasteiger partial charge is 0.478 e. The predicted molar refractivity (Wildman–Crippen MR) is 115 cm³/mol. The van der Waals surface area contributed by atoms with E-state index in [1.165, 1.54) is 63.9 Å². The van der Waals surface area contributed by atoms with Crippen molar-refractivity contribution < 1.29 is 24.6 Å². The number of ketones is 1. The molecule has 0 saturated carbocycles. The molecule has 0 bridgehead atoms. The van der Waals surface area contributed by atoms with Crippen LogP contribution in [-0.4, -0.2) is 27.9 Å². The number of Topliss-reactive ketones (excluding diaryl/α,β-unsaturated/α-hetero) is 1. The minimum atomic E-state index is -1.45. The summed E-state index contributed by atoms with van der Waals surface area (Å²) in [6, 6.07) is 0. The average molecular weight is 407 g/mol. The average Bonchev–Trinajstić information content (AvgIpc) is 2.68. The van der Waals surface area contributed by atoms with Crippen molar-refractivity contribution >= 4 is 17.7 Å². The Morgan fingerprint density at radius 2 is 1.38 bits per heavy atom. The Kier molecular flexibility index (Phi) is 12.2. The van der Waals surface area contributed by atoms with Gasteiger partial charge in [0.05, 0.1) is 5.57 Å². The third-order valence-corrected chi connectivity index (χ3v) is 5.94. The van der Waals surface area contributed by atoms with Crippen LogP contribution in [0.3, 0.4) is 0 Å². The molecule has 0 aromatic heterocycles. The molecule has 1 aliphatic rings. The zero-order valence-electron chi connectivity index (χ0n) is 18.1. The van der Waals surface area contributed by atoms with Gasteiger partial charge in [-0.1, -0.05) is 97.0 Å². The molecule has 2 unspecified atom stereocenters. The number of aliphatic carboxylic acids is 2. The van der Waals surface area contributed by atoms with Gasteiger partial charge < -0.3 is 10.2 Å². The number of hydrogen-bond acceptors (Lipinski definition) is 3. The van der Waals surface area contributed by atoms with E-state index in [0.717, 1.165) is 25.7 Å². The highest BCUT2D eigenvalue weighted by molar-refractivity contribution is 6.23. The Labute approximate surface area is 175 Å². The fourth-order valence-electron chi connectivity index (χ4n) is 4.15. The second-order valence-corrected chi connectivity index (χ2v) is 8.14. The molecule has 0 heterocycles. The van der Waals surface area contributed by atoms with Crippen LogP contribution in [0.15, 0.2) is 23.3 Å². The topological polar surface area (TPSA) is 91.7 Å². The van der Waals surface area contributed by atoms with Crippen LogP contribution in [0.4, 0.5) is 0 Å². The highest BCUT2D eigenvalue weighted by Crippen LogP contribution is 2.31. The Bertz CT molecular complexity index is 602. The molecule has 5 nitrogen and oxygen atoms in total. The molecule has 0 fully saturated rings. The number of carboxylic acids is 2. The summed E-state index contributed by atoms with van der Waals surface area (Å²) in [5.74, 6) is -3.86. The molecule has 1 aliphatic carbocycles. The fraction of sp³-hybridized carbons (Fsp3) is 0.708. The van der Waals surface area contributed by atoms with E-state index in [1.807, 2.05) is 6.92 Å². The third-order valence-electron chi connectivity index (χ3n) is 5.94. The zero-order valence-corrected chi connectivity index (χ0v) is 18.1. The Morgan fingerprint density at radius 3 is 1.83 bits per heavy atom. The van der Waals surface area contributed by atoms with E-state index < -0.39 is 34.8 Å². The van der Waals surface area contributed by atoms with E-state index in [0.29, 0.717) is 0 Å². The van der Waals surface area contributed by atoms with Gasteiger partial charge in [0.1, 0.15) is 5.57 Å². The molecule has 0 radical (unpaired) electrons. The maximum atomic E-state index is 12.6. The fourth-order valence-corrected chi connectivity index (χ4v) is 4.15. The zero-order chi connectivity index (χ0) is 21.6. The molecule has 164 valence electrons. The van der Waals surface area contributed by atoms with Gasteiger partial charge in [-0.2, -0.15) is 0 Å². The number of unbranched alkanes of at least 4 members (excludes halogenated alkanes) is 10. The van der Waals surface area contributed by atoms with E-state index in [-0.39, 0.29) is 5.92 Å². The van der Waals surface area contributed by atoms with Crippen LogP contribution in [0.5, 0.6) is 0 Å². The molecule has 5 heteroatoms. The summed E-state index contributed by atoms with van der Waals surface area (Å²) in [5.41, 5.74) is -0.995. The molecular weight excluding hydrogens is 368 g/mol. The summed E-state index contributed by atoms with van der Waals surface area (Å²) in [6.07, 6.45) is 18.4. The van der Waals surface area contributed by atoms with E-state index in [9.17, 15) is 19.5 Å². The van der Waals surface area contributed by atoms with Crippen molar-refractivity contribution in [2.75, 3.05) is 0 Å². The van der Waals surface area contributed by atoms with Crippen molar-refractivity contribution in [3.63, 3.8) is 0 Å². The van der Waals surface area contributed by atoms with Crippen LogP contribution in [0.2, 0.25) is 0 Å². The number of hydrogen-bond donors (Lipinski definition) is 2. The van der Waals surface area contributed by atoms with E-state index in [2.05, 4.69) is 6.92 Å². The first-order valence-corrected chi connectivity index (χ1v) is 11.4. The van der Waals surface area contributed by atoms with Crippen LogP contribution >= 0.6 is 0 Å². The van der Waals surface area contributed by atoms with Gasteiger partial charge in [-0.15, -0.1) is 0 Å². The molecule has 0 aromatic rings. The summed E-state index contributed by atoms with van der Waals surface area (Å²) in [5, 5.41) is 18.5. The molecule has 2 atom stereocenters. The van der Waals surface area contributed by atoms with Crippen molar-refractivity contribution in [2.24, 2.45) is 11.8 Å². The highest BCUT2D eigenvalue weighted by atomic mass is 16.4. The second kappa shape index (κ2) is 14.1. The van der Waals surface area contributed by atoms with Gasteiger partial charge in [0.15, 0.2) is 5.78 Å². The summed E-state index contributed by atoms with van der Waals surface area (Å²) >= 11 is 0. The van der Waals surface area contributed by atoms with Gasteiger partial charge in [-0.3, -0.25) is 4.79 Å². The first-order chi connectivity index (χ1) is 13.9. The van der Waals surface area contributed by atoms with E-state index in [1.54, 1.807) is 6.08 Å². The Balaban J connectivity index is 2.36. The molecule has 0 aliphatic heterocycles. The summed E-state index contributed by atoms with van der Waals surface area (Å²) in [7, 11) is 0. The van der Waals surface area contributed by atoms with Crippen LogP contribution in [0.1, 0.15) is 97.3 Å². The Hall–Kier alpha value is -1.91. The molecule has 0 saturated heterocycles. The summed E-state index contributed by atoms with van der Waals surface area (Å²) < 4.78 is 0. The molecule has 0 aromatic carbocycles. The van der Waals surface area contributed by atoms with Crippen molar-refractivity contribution in [3.05, 3.63) is 23.3 Å². The van der Waals surface area contributed by atoms with Crippen LogP contribution < -0.4 is 0 Å². The lowest BCUT2D eigenvalue weighted by Crippen LogP contribution is -2.31. The van der Waals surface area contributed by atoms with Gasteiger partial charge >= 0.3 is 11.9 Å². The number of carboxylic acid groups (broad SMARTS) is 2. The first-order valence-electron chi connectivity index (χ1n) is 11.4. The van der Waals surface area contributed by atoms with E-state index >= 15 is 0 Å². The maximum Gasteiger partial charge on any atom is 0.340 e. The van der Waals surface area contributed by atoms with Gasteiger partial charge in [-0.25, -0.2) is 9.59 Å². The number of carbonyl (C=O) groups excluding carboxylic acids is 1. The lowest BCUT2D eigenvalue weighted by molar-refractivity contribution is -0.138. The monoisotopic (exact) mass is 406 g/mol. The van der Waals surface area contributed by atoms with Crippen LogP contribution in [0.25, 0.3) is 0 Å². The summed E-state index contributed by atoms with van der Waals surface area (Å²) in [4.78, 5) is 35.3. The number of allylic oxidation sites excluding steroid dienone is 1. The quantitative estimate of drug-likeness (QED) is 0.245. The molecule has 0 spiro atoms. The molecule has 1 rings (SSSR count). The molecule has 2 N–H and O–H groups in total. The van der Waals surface area contributed by atoms with Crippen molar-refractivity contribution in [1.29, 1.82) is 0 Å². The van der Waals surface area contributed by atoms with E-state index in [4.69, 9.17) is 5.11 Å². The van der Waals surface area contributed by atoms with Gasteiger partial charge in [-0.05, 0) is 18.4 Å². The molecule has 0 amide bonds. The number of carbonyl (C=O) groups is 3. The van der Waals surface area contributed by atoms with Crippen LogP contribution in [0, 0.1) is 11.8 Å². The standard InChI is InChI=1S/C24H38O5/c1-3-5-6-7-8-9-10-11-12-13-14-15-18(4-2)19-16-17-20(23(26)27)21(22(19)25)24(28)29/h16-19H,3-15H2,1-2H3,(H,26,27)(H,28,29). The maximum absolute atomic E-state index is 12.6. The SMILES string of the molecule is CCCCCCCCCCCCCC(CC)C1C=CC(C(=O)O)=C(C(=O)O)C1=O. The lowest BCUT2D eigenvalue weighted by Gasteiger charge is -2.25. The normalized spacial score (nSPS) is 17.6. The minimum absolute atomic E-state index is 0.0574. The molecular formula is C24H38O5. The van der Waals surface area contributed by atoms with Gasteiger partial charge in [0.2, 0.25) is 0 Å². The van der Waals surface area contributed by atoms with Crippen molar-refractivity contribution in [1.82, 2.24) is 0 Å². The predicted octanol–water partition coefficient (Wildman–Crippen LogP) is 5.93. The van der Waals surface area contributed by atoms with Crippen molar-refractivity contribution in [2.45, 2.75) is 97.3 Å². The van der Waals surface area contributed by atoms with Gasteiger partial charge in [0.25, 0.3) is 0 Å². The first kappa shape index (κ1) is 25.1. The number of rotatable bonds is 16. The van der Waals surface area contributed by atoms with Crippen molar-refractivity contribution in [3.8, 4) is 0 Å². The van der Waals surface area contributed by atoms with Gasteiger partial charge in [0, 0.05) is 5.92 Å². The summed E-state index contributed by atoms with van der Waals surface area (Å²) in [6.45, 7) is 4.24. The lowest BCUT2D eigenvalue weighted by atomic mass is 9.77. The molecule has 29 heavy (non-hydrogen) atoms. The van der Waals surface area contributed by atoms with Crippen LogP contribution in [-0.2, 0) is 14.4 Å². The Morgan fingerprint density at radius 1 is 0.862 bits per heavy atom.